The number of nitrogens with one attached hydrogen (secondary N) is 1. The Hall–Kier alpha value is -1.62. The molecule has 1 unspecified atom stereocenters. The predicted molar refractivity (Wildman–Crippen MR) is 59.4 cm³/mol. The third-order valence-corrected chi connectivity index (χ3v) is 2.11. The fraction of sp³-hybridized carbons (Fsp3) is 0.364. The highest BCUT2D eigenvalue weighted by molar-refractivity contribution is 5.99. The van der Waals surface area contributed by atoms with E-state index >= 15 is 0 Å². The van der Waals surface area contributed by atoms with Crippen molar-refractivity contribution in [3.8, 4) is 0 Å². The van der Waals surface area contributed by atoms with Crippen molar-refractivity contribution < 1.29 is 14.3 Å². The van der Waals surface area contributed by atoms with E-state index in [1.165, 1.54) is 12.1 Å². The lowest BCUT2D eigenvalue weighted by Gasteiger charge is -2.08. The maximum absolute atomic E-state index is 12.7. The van der Waals surface area contributed by atoms with Gasteiger partial charge in [0.25, 0.3) is 5.91 Å². The summed E-state index contributed by atoms with van der Waals surface area (Å²) in [5, 5.41) is 11.6. The first-order valence-electron chi connectivity index (χ1n) is 5.02. The molecule has 0 saturated heterocycles. The van der Waals surface area contributed by atoms with Crippen LogP contribution in [0.15, 0.2) is 18.2 Å². The molecule has 0 radical (unpaired) electrons. The molecular weight excluding hydrogens is 211 g/mol. The van der Waals surface area contributed by atoms with Gasteiger partial charge in [0.05, 0.1) is 11.7 Å². The second-order valence-electron chi connectivity index (χ2n) is 3.63. The molecular formula is C11H15FN2O2. The lowest BCUT2D eigenvalue weighted by molar-refractivity contribution is 0.0946. The molecule has 0 aromatic heterocycles. The molecule has 1 rings (SSSR count). The van der Waals surface area contributed by atoms with Gasteiger partial charge in [-0.1, -0.05) is 0 Å². The average molecular weight is 226 g/mol. The van der Waals surface area contributed by atoms with Crippen LogP contribution in [0.4, 0.5) is 10.1 Å². The topological polar surface area (TPSA) is 75.3 Å². The molecule has 1 aromatic rings. The molecule has 0 bridgehead atoms. The molecule has 0 aliphatic heterocycles. The monoisotopic (exact) mass is 226 g/mol. The zero-order valence-electron chi connectivity index (χ0n) is 9.03. The number of benzene rings is 1. The molecule has 4 N–H and O–H groups in total. The molecule has 5 heteroatoms. The zero-order valence-corrected chi connectivity index (χ0v) is 9.03. The van der Waals surface area contributed by atoms with Gasteiger partial charge >= 0.3 is 0 Å². The second-order valence-corrected chi connectivity index (χ2v) is 3.63. The summed E-state index contributed by atoms with van der Waals surface area (Å²) in [6.07, 6.45) is -0.00167. The van der Waals surface area contributed by atoms with Crippen LogP contribution in [0.25, 0.3) is 0 Å². The molecule has 16 heavy (non-hydrogen) atoms. The van der Waals surface area contributed by atoms with Crippen molar-refractivity contribution in [2.75, 3.05) is 12.3 Å². The number of carbonyl (C=O) groups excluding carboxylic acids is 1. The van der Waals surface area contributed by atoms with Crippen LogP contribution in [-0.2, 0) is 0 Å². The number of aliphatic hydroxyl groups excluding tert-OH is 1. The lowest BCUT2D eigenvalue weighted by Crippen LogP contribution is -2.27. The number of carbonyl (C=O) groups is 1. The number of anilines is 1. The van der Waals surface area contributed by atoms with E-state index in [2.05, 4.69) is 5.32 Å². The summed E-state index contributed by atoms with van der Waals surface area (Å²) >= 11 is 0. The van der Waals surface area contributed by atoms with E-state index in [1.54, 1.807) is 6.92 Å². The molecule has 0 aliphatic rings. The summed E-state index contributed by atoms with van der Waals surface area (Å²) in [6.45, 7) is 1.99. The van der Waals surface area contributed by atoms with Crippen LogP contribution in [0, 0.1) is 5.82 Å². The summed E-state index contributed by atoms with van der Waals surface area (Å²) in [7, 11) is 0. The second kappa shape index (κ2) is 5.46. The van der Waals surface area contributed by atoms with E-state index in [4.69, 9.17) is 10.8 Å². The minimum Gasteiger partial charge on any atom is -0.398 e. The molecule has 4 nitrogen and oxygen atoms in total. The van der Waals surface area contributed by atoms with Gasteiger partial charge in [-0.15, -0.1) is 0 Å². The molecule has 0 heterocycles. The van der Waals surface area contributed by atoms with Crippen molar-refractivity contribution in [1.82, 2.24) is 5.32 Å². The standard InChI is InChI=1S/C11H15FN2O2/c1-7(15)4-5-14-11(16)9-3-2-8(12)6-10(9)13/h2-3,6-7,15H,4-5,13H2,1H3,(H,14,16). The number of amides is 1. The molecule has 1 amide bonds. The van der Waals surface area contributed by atoms with Crippen LogP contribution in [0.5, 0.6) is 0 Å². The highest BCUT2D eigenvalue weighted by Crippen LogP contribution is 2.12. The summed E-state index contributed by atoms with van der Waals surface area (Å²) in [6, 6.07) is 3.62. The molecule has 1 atom stereocenters. The van der Waals surface area contributed by atoms with Crippen molar-refractivity contribution in [3.05, 3.63) is 29.6 Å². The van der Waals surface area contributed by atoms with Gasteiger partial charge in [-0.25, -0.2) is 4.39 Å². The SMILES string of the molecule is CC(O)CCNC(=O)c1ccc(F)cc1N. The molecule has 0 spiro atoms. The van der Waals surface area contributed by atoms with Gasteiger partial charge in [-0.3, -0.25) is 4.79 Å². The maximum Gasteiger partial charge on any atom is 0.253 e. The van der Waals surface area contributed by atoms with E-state index in [1.807, 2.05) is 0 Å². The number of nitrogen functional groups attached to an aromatic ring is 1. The van der Waals surface area contributed by atoms with Crippen LogP contribution in [-0.4, -0.2) is 23.7 Å². The number of rotatable bonds is 4. The Morgan fingerprint density at radius 1 is 1.62 bits per heavy atom. The third-order valence-electron chi connectivity index (χ3n) is 2.11. The normalized spacial score (nSPS) is 12.2. The van der Waals surface area contributed by atoms with E-state index in [-0.39, 0.29) is 17.2 Å². The number of hydrogen-bond donors (Lipinski definition) is 3. The quantitative estimate of drug-likeness (QED) is 0.668. The first kappa shape index (κ1) is 12.4. The van der Waals surface area contributed by atoms with Crippen LogP contribution < -0.4 is 11.1 Å². The molecule has 0 fully saturated rings. The van der Waals surface area contributed by atoms with Gasteiger partial charge < -0.3 is 16.2 Å². The van der Waals surface area contributed by atoms with Gasteiger partial charge in [-0.2, -0.15) is 0 Å². The van der Waals surface area contributed by atoms with E-state index in [0.717, 1.165) is 6.07 Å². The van der Waals surface area contributed by atoms with Crippen molar-refractivity contribution in [3.63, 3.8) is 0 Å². The Bertz CT molecular complexity index is 380. The lowest BCUT2D eigenvalue weighted by atomic mass is 10.1. The third kappa shape index (κ3) is 3.51. The Morgan fingerprint density at radius 3 is 2.88 bits per heavy atom. The van der Waals surface area contributed by atoms with Crippen LogP contribution >= 0.6 is 0 Å². The average Bonchev–Trinajstić information content (AvgIpc) is 2.16. The predicted octanol–water partition coefficient (Wildman–Crippen LogP) is 0.909. The van der Waals surface area contributed by atoms with Gasteiger partial charge in [0.2, 0.25) is 0 Å². The minimum absolute atomic E-state index is 0.106. The maximum atomic E-state index is 12.7. The Kier molecular flexibility index (Phi) is 4.25. The smallest absolute Gasteiger partial charge is 0.253 e. The van der Waals surface area contributed by atoms with Gasteiger partial charge in [0, 0.05) is 12.2 Å². The Labute approximate surface area is 93.3 Å². The highest BCUT2D eigenvalue weighted by atomic mass is 19.1. The summed E-state index contributed by atoms with van der Waals surface area (Å²) in [5.41, 5.74) is 5.85. The number of hydrogen-bond acceptors (Lipinski definition) is 3. The van der Waals surface area contributed by atoms with E-state index in [0.29, 0.717) is 13.0 Å². The van der Waals surface area contributed by atoms with Crippen molar-refractivity contribution in [1.29, 1.82) is 0 Å². The van der Waals surface area contributed by atoms with Gasteiger partial charge in [0.15, 0.2) is 0 Å². The molecule has 88 valence electrons. The van der Waals surface area contributed by atoms with Crippen LogP contribution in [0.3, 0.4) is 0 Å². The van der Waals surface area contributed by atoms with E-state index in [9.17, 15) is 9.18 Å². The summed E-state index contributed by atoms with van der Waals surface area (Å²) < 4.78 is 12.7. The fourth-order valence-electron chi connectivity index (χ4n) is 1.23. The van der Waals surface area contributed by atoms with Crippen LogP contribution in [0.1, 0.15) is 23.7 Å². The Morgan fingerprint density at radius 2 is 2.31 bits per heavy atom. The number of aliphatic hydroxyl groups is 1. The van der Waals surface area contributed by atoms with Crippen molar-refractivity contribution in [2.24, 2.45) is 0 Å². The summed E-state index contributed by atoms with van der Waals surface area (Å²) in [5.74, 6) is -0.837. The number of halogens is 1. The highest BCUT2D eigenvalue weighted by Gasteiger charge is 2.09. The first-order chi connectivity index (χ1) is 7.50. The minimum atomic E-state index is -0.474. The van der Waals surface area contributed by atoms with Crippen molar-refractivity contribution in [2.45, 2.75) is 19.4 Å². The zero-order chi connectivity index (χ0) is 12.1. The van der Waals surface area contributed by atoms with E-state index < -0.39 is 11.9 Å². The largest absolute Gasteiger partial charge is 0.398 e. The first-order valence-corrected chi connectivity index (χ1v) is 5.02. The van der Waals surface area contributed by atoms with Gasteiger partial charge in [-0.05, 0) is 31.5 Å². The van der Waals surface area contributed by atoms with Crippen LogP contribution in [0.2, 0.25) is 0 Å². The van der Waals surface area contributed by atoms with Gasteiger partial charge in [0.1, 0.15) is 5.82 Å². The summed E-state index contributed by atoms with van der Waals surface area (Å²) in [4.78, 5) is 11.6. The van der Waals surface area contributed by atoms with Crippen molar-refractivity contribution >= 4 is 11.6 Å². The Balaban J connectivity index is 2.59. The molecule has 0 aliphatic carbocycles. The molecule has 0 saturated carbocycles. The fourth-order valence-corrected chi connectivity index (χ4v) is 1.23. The number of nitrogens with two attached hydrogens (primary N) is 1. The molecule has 1 aromatic carbocycles.